The summed E-state index contributed by atoms with van der Waals surface area (Å²) in [5, 5.41) is 19.7. The number of nitrogens with one attached hydrogen (secondary N) is 1. The minimum Gasteiger partial charge on any atom is -0.478 e. The molecule has 2 rings (SSSR count). The first kappa shape index (κ1) is 13.5. The molecule has 2 N–H and O–H groups in total. The van der Waals surface area contributed by atoms with Crippen LogP contribution in [-0.2, 0) is 0 Å². The molecule has 5 nitrogen and oxygen atoms in total. The summed E-state index contributed by atoms with van der Waals surface area (Å²) in [4.78, 5) is 11.1. The second kappa shape index (κ2) is 5.79. The van der Waals surface area contributed by atoms with Crippen molar-refractivity contribution in [3.63, 3.8) is 0 Å². The van der Waals surface area contributed by atoms with Gasteiger partial charge in [0.25, 0.3) is 0 Å². The zero-order valence-electron chi connectivity index (χ0n) is 10.2. The third-order valence-electron chi connectivity index (χ3n) is 2.65. The smallest absolute Gasteiger partial charge is 0.339 e. The number of hydrogen-bond acceptors (Lipinski definition) is 4. The Morgan fingerprint density at radius 1 is 1.42 bits per heavy atom. The number of aromatic carboxylic acids is 1. The van der Waals surface area contributed by atoms with Crippen LogP contribution in [0.25, 0.3) is 0 Å². The molecular weight excluding hydrogens is 310 g/mol. The van der Waals surface area contributed by atoms with E-state index in [0.29, 0.717) is 0 Å². The number of benzene rings is 1. The molecule has 0 aliphatic heterocycles. The van der Waals surface area contributed by atoms with E-state index in [-0.39, 0.29) is 17.4 Å². The highest BCUT2D eigenvalue weighted by Gasteiger charge is 2.14. The highest BCUT2D eigenvalue weighted by molar-refractivity contribution is 9.10. The van der Waals surface area contributed by atoms with Crippen molar-refractivity contribution in [1.82, 2.24) is 10.2 Å². The van der Waals surface area contributed by atoms with Crippen LogP contribution in [0.2, 0.25) is 0 Å². The van der Waals surface area contributed by atoms with E-state index in [9.17, 15) is 4.79 Å². The summed E-state index contributed by atoms with van der Waals surface area (Å²) >= 11 is 3.40. The van der Waals surface area contributed by atoms with Gasteiger partial charge in [-0.2, -0.15) is 5.10 Å². The fourth-order valence-corrected chi connectivity index (χ4v) is 2.09. The summed E-state index contributed by atoms with van der Waals surface area (Å²) in [5.41, 5.74) is 1.13. The van der Waals surface area contributed by atoms with Gasteiger partial charge in [-0.3, -0.25) is 0 Å². The number of carboxylic acid groups (broad SMARTS) is 1. The molecule has 1 unspecified atom stereocenters. The summed E-state index contributed by atoms with van der Waals surface area (Å²) in [6.07, 6.45) is 1.36. The van der Waals surface area contributed by atoms with Crippen LogP contribution >= 0.6 is 15.9 Å². The molecule has 0 fully saturated rings. The lowest BCUT2D eigenvalue weighted by atomic mass is 10.1. The van der Waals surface area contributed by atoms with Gasteiger partial charge in [-0.05, 0) is 30.7 Å². The largest absolute Gasteiger partial charge is 0.478 e. The van der Waals surface area contributed by atoms with Gasteiger partial charge in [0, 0.05) is 4.47 Å². The van der Waals surface area contributed by atoms with Gasteiger partial charge in [0.2, 0.25) is 0 Å². The number of anilines is 1. The first-order chi connectivity index (χ1) is 9.08. The van der Waals surface area contributed by atoms with E-state index in [0.717, 1.165) is 10.0 Å². The van der Waals surface area contributed by atoms with Crippen molar-refractivity contribution in [2.45, 2.75) is 13.0 Å². The number of halogens is 1. The van der Waals surface area contributed by atoms with Gasteiger partial charge >= 0.3 is 5.97 Å². The first-order valence-electron chi connectivity index (χ1n) is 5.65. The second-order valence-electron chi connectivity index (χ2n) is 4.02. The normalized spacial score (nSPS) is 11.9. The Hall–Kier alpha value is -1.95. The Morgan fingerprint density at radius 3 is 2.89 bits per heavy atom. The predicted molar refractivity (Wildman–Crippen MR) is 75.2 cm³/mol. The number of hydrogen-bond donors (Lipinski definition) is 2. The van der Waals surface area contributed by atoms with Gasteiger partial charge in [-0.1, -0.05) is 28.1 Å². The molecule has 1 aromatic heterocycles. The lowest BCUT2D eigenvalue weighted by Gasteiger charge is -2.15. The number of rotatable bonds is 4. The SMILES string of the molecule is CC(Nc1nnccc1C(=O)O)c1cccc(Br)c1. The monoisotopic (exact) mass is 321 g/mol. The van der Waals surface area contributed by atoms with Gasteiger partial charge in [0.05, 0.1) is 12.2 Å². The standard InChI is InChI=1S/C13H12BrN3O2/c1-8(9-3-2-4-10(14)7-9)16-12-11(13(18)19)5-6-15-17-12/h2-8H,1H3,(H,16,17)(H,18,19). The Labute approximate surface area is 118 Å². The molecule has 0 aliphatic carbocycles. The van der Waals surface area contributed by atoms with Crippen molar-refractivity contribution in [3.05, 3.63) is 52.1 Å². The summed E-state index contributed by atoms with van der Waals surface area (Å²) < 4.78 is 0.969. The van der Waals surface area contributed by atoms with E-state index >= 15 is 0 Å². The van der Waals surface area contributed by atoms with Gasteiger partial charge in [0.1, 0.15) is 5.56 Å². The molecule has 98 valence electrons. The number of carboxylic acids is 1. The quantitative estimate of drug-likeness (QED) is 0.905. The third kappa shape index (κ3) is 3.29. The van der Waals surface area contributed by atoms with Crippen LogP contribution in [0.4, 0.5) is 5.82 Å². The topological polar surface area (TPSA) is 75.1 Å². The highest BCUT2D eigenvalue weighted by atomic mass is 79.9. The summed E-state index contributed by atoms with van der Waals surface area (Å²) in [5.74, 6) is -0.763. The van der Waals surface area contributed by atoms with Gasteiger partial charge in [-0.25, -0.2) is 4.79 Å². The maximum Gasteiger partial charge on any atom is 0.339 e. The summed E-state index contributed by atoms with van der Waals surface area (Å²) in [7, 11) is 0. The molecule has 0 saturated carbocycles. The van der Waals surface area contributed by atoms with Crippen molar-refractivity contribution in [3.8, 4) is 0 Å². The third-order valence-corrected chi connectivity index (χ3v) is 3.15. The van der Waals surface area contributed by atoms with Crippen molar-refractivity contribution in [1.29, 1.82) is 0 Å². The van der Waals surface area contributed by atoms with Crippen LogP contribution in [0, 0.1) is 0 Å². The van der Waals surface area contributed by atoms with Crippen LogP contribution in [0.3, 0.4) is 0 Å². The summed E-state index contributed by atoms with van der Waals surface area (Å²) in [6.45, 7) is 1.93. The van der Waals surface area contributed by atoms with Crippen molar-refractivity contribution >= 4 is 27.7 Å². The van der Waals surface area contributed by atoms with E-state index in [1.807, 2.05) is 31.2 Å². The molecular formula is C13H12BrN3O2. The minimum absolute atomic E-state index is 0.0766. The van der Waals surface area contributed by atoms with Crippen molar-refractivity contribution in [2.75, 3.05) is 5.32 Å². The van der Waals surface area contributed by atoms with Crippen molar-refractivity contribution < 1.29 is 9.90 Å². The predicted octanol–water partition coefficient (Wildman–Crippen LogP) is 3.11. The average molecular weight is 322 g/mol. The average Bonchev–Trinajstić information content (AvgIpc) is 2.39. The zero-order chi connectivity index (χ0) is 13.8. The lowest BCUT2D eigenvalue weighted by molar-refractivity contribution is 0.0697. The van der Waals surface area contributed by atoms with E-state index in [4.69, 9.17) is 5.11 Å². The second-order valence-corrected chi connectivity index (χ2v) is 4.94. The van der Waals surface area contributed by atoms with Crippen LogP contribution in [0.15, 0.2) is 41.0 Å². The fourth-order valence-electron chi connectivity index (χ4n) is 1.68. The van der Waals surface area contributed by atoms with Crippen LogP contribution in [0.5, 0.6) is 0 Å². The van der Waals surface area contributed by atoms with Crippen LogP contribution in [-0.4, -0.2) is 21.3 Å². The Bertz CT molecular complexity index is 604. The lowest BCUT2D eigenvalue weighted by Crippen LogP contribution is -2.12. The number of carbonyl (C=O) groups is 1. The molecule has 0 bridgehead atoms. The molecule has 1 aromatic carbocycles. The fraction of sp³-hybridized carbons (Fsp3) is 0.154. The molecule has 1 heterocycles. The Kier molecular flexibility index (Phi) is 4.11. The van der Waals surface area contributed by atoms with Gasteiger partial charge < -0.3 is 10.4 Å². The van der Waals surface area contributed by atoms with Gasteiger partial charge in [0.15, 0.2) is 5.82 Å². The minimum atomic E-state index is -1.03. The van der Waals surface area contributed by atoms with Gasteiger partial charge in [-0.15, -0.1) is 5.10 Å². The molecule has 1 atom stereocenters. The molecule has 0 saturated heterocycles. The number of nitrogens with zero attached hydrogens (tertiary/aromatic N) is 2. The highest BCUT2D eigenvalue weighted by Crippen LogP contribution is 2.22. The molecule has 19 heavy (non-hydrogen) atoms. The maximum atomic E-state index is 11.1. The van der Waals surface area contributed by atoms with E-state index in [2.05, 4.69) is 31.4 Å². The van der Waals surface area contributed by atoms with Crippen molar-refractivity contribution in [2.24, 2.45) is 0 Å². The molecule has 0 radical (unpaired) electrons. The molecule has 0 spiro atoms. The Morgan fingerprint density at radius 2 is 2.21 bits per heavy atom. The van der Waals surface area contributed by atoms with Crippen LogP contribution in [0.1, 0.15) is 28.9 Å². The van der Waals surface area contributed by atoms with E-state index in [1.165, 1.54) is 12.3 Å². The zero-order valence-corrected chi connectivity index (χ0v) is 11.8. The molecule has 0 amide bonds. The van der Waals surface area contributed by atoms with E-state index in [1.54, 1.807) is 0 Å². The maximum absolute atomic E-state index is 11.1. The van der Waals surface area contributed by atoms with Crippen LogP contribution < -0.4 is 5.32 Å². The molecule has 6 heteroatoms. The summed E-state index contributed by atoms with van der Waals surface area (Å²) in [6, 6.07) is 9.12. The molecule has 2 aromatic rings. The Balaban J connectivity index is 2.24. The van der Waals surface area contributed by atoms with E-state index < -0.39 is 5.97 Å². The first-order valence-corrected chi connectivity index (χ1v) is 6.44. The molecule has 0 aliphatic rings. The number of aromatic nitrogens is 2.